The molecule has 0 amide bonds. The molecule has 0 aliphatic carbocycles. The maximum absolute atomic E-state index is 13.7. The molecule has 1 aromatic carbocycles. The van der Waals surface area contributed by atoms with Crippen LogP contribution in [0.5, 0.6) is 5.75 Å². The van der Waals surface area contributed by atoms with Crippen molar-refractivity contribution in [1.29, 1.82) is 0 Å². The molecule has 1 unspecified atom stereocenters. The second kappa shape index (κ2) is 6.38. The van der Waals surface area contributed by atoms with Crippen molar-refractivity contribution in [3.63, 3.8) is 0 Å². The van der Waals surface area contributed by atoms with Crippen molar-refractivity contribution in [3.05, 3.63) is 53.7 Å². The van der Waals surface area contributed by atoms with Gasteiger partial charge < -0.3 is 14.5 Å². The van der Waals surface area contributed by atoms with E-state index >= 15 is 0 Å². The average Bonchev–Trinajstić information content (AvgIpc) is 2.92. The number of furan rings is 1. The topological polar surface area (TPSA) is 34.4 Å². The molecule has 0 aliphatic rings. The molecule has 2 aromatic rings. The monoisotopic (exact) mass is 263 g/mol. The fraction of sp³-hybridized carbons (Fsp3) is 0.333. The second-order valence-corrected chi connectivity index (χ2v) is 4.30. The number of rotatable bonds is 6. The van der Waals surface area contributed by atoms with Crippen molar-refractivity contribution < 1.29 is 13.5 Å². The van der Waals surface area contributed by atoms with E-state index in [1.165, 1.54) is 13.2 Å². The number of hydrogen-bond donors (Lipinski definition) is 1. The zero-order valence-electron chi connectivity index (χ0n) is 11.2. The summed E-state index contributed by atoms with van der Waals surface area (Å²) in [6, 6.07) is 8.85. The molecule has 2 rings (SSSR count). The molecule has 1 N–H and O–H groups in total. The summed E-state index contributed by atoms with van der Waals surface area (Å²) in [7, 11) is 1.46. The highest BCUT2D eigenvalue weighted by molar-refractivity contribution is 5.30. The van der Waals surface area contributed by atoms with Crippen LogP contribution in [0.2, 0.25) is 0 Å². The summed E-state index contributed by atoms with van der Waals surface area (Å²) in [5.41, 5.74) is 0.903. The summed E-state index contributed by atoms with van der Waals surface area (Å²) >= 11 is 0. The van der Waals surface area contributed by atoms with Crippen molar-refractivity contribution in [2.45, 2.75) is 19.4 Å². The van der Waals surface area contributed by atoms with Crippen LogP contribution >= 0.6 is 0 Å². The van der Waals surface area contributed by atoms with Gasteiger partial charge in [-0.2, -0.15) is 0 Å². The molecule has 3 nitrogen and oxygen atoms in total. The Kier molecular flexibility index (Phi) is 4.58. The van der Waals surface area contributed by atoms with Gasteiger partial charge in [-0.05, 0) is 42.8 Å². The first-order valence-electron chi connectivity index (χ1n) is 6.33. The lowest BCUT2D eigenvalue weighted by atomic mass is 10.0. The summed E-state index contributed by atoms with van der Waals surface area (Å²) in [4.78, 5) is 0. The Labute approximate surface area is 112 Å². The third-order valence-electron chi connectivity index (χ3n) is 2.99. The first kappa shape index (κ1) is 13.6. The SMILES string of the molecule is CCNC(Cc1ccc(OC)c(F)c1)c1ccco1. The lowest BCUT2D eigenvalue weighted by molar-refractivity contribution is 0.385. The van der Waals surface area contributed by atoms with Gasteiger partial charge in [0.15, 0.2) is 11.6 Å². The molecule has 1 atom stereocenters. The normalized spacial score (nSPS) is 12.4. The van der Waals surface area contributed by atoms with Crippen molar-refractivity contribution in [2.24, 2.45) is 0 Å². The third kappa shape index (κ3) is 3.35. The highest BCUT2D eigenvalue weighted by Gasteiger charge is 2.15. The van der Waals surface area contributed by atoms with E-state index in [1.54, 1.807) is 12.3 Å². The molecular weight excluding hydrogens is 245 g/mol. The van der Waals surface area contributed by atoms with Gasteiger partial charge in [0.05, 0.1) is 19.4 Å². The molecule has 19 heavy (non-hydrogen) atoms. The van der Waals surface area contributed by atoms with Crippen molar-refractivity contribution >= 4 is 0 Å². The number of ether oxygens (including phenoxy) is 1. The van der Waals surface area contributed by atoms with Crippen LogP contribution in [0.4, 0.5) is 4.39 Å². The van der Waals surface area contributed by atoms with Gasteiger partial charge in [-0.1, -0.05) is 13.0 Å². The van der Waals surface area contributed by atoms with Gasteiger partial charge in [0.1, 0.15) is 5.76 Å². The van der Waals surface area contributed by atoms with E-state index in [4.69, 9.17) is 9.15 Å². The molecule has 0 saturated heterocycles. The van der Waals surface area contributed by atoms with Crippen LogP contribution in [0.15, 0.2) is 41.0 Å². The Hall–Kier alpha value is -1.81. The minimum atomic E-state index is -0.338. The first-order chi connectivity index (χ1) is 9.24. The fourth-order valence-corrected chi connectivity index (χ4v) is 2.08. The van der Waals surface area contributed by atoms with Crippen molar-refractivity contribution in [2.75, 3.05) is 13.7 Å². The summed E-state index contributed by atoms with van der Waals surface area (Å²) in [6.45, 7) is 2.86. The summed E-state index contributed by atoms with van der Waals surface area (Å²) in [5, 5.41) is 3.33. The third-order valence-corrected chi connectivity index (χ3v) is 2.99. The number of hydrogen-bond acceptors (Lipinski definition) is 3. The van der Waals surface area contributed by atoms with Crippen LogP contribution in [-0.4, -0.2) is 13.7 Å². The van der Waals surface area contributed by atoms with Crippen LogP contribution in [0.25, 0.3) is 0 Å². The molecule has 0 radical (unpaired) electrons. The minimum Gasteiger partial charge on any atom is -0.494 e. The van der Waals surface area contributed by atoms with Gasteiger partial charge in [-0.15, -0.1) is 0 Å². The van der Waals surface area contributed by atoms with Gasteiger partial charge in [-0.25, -0.2) is 4.39 Å². The Morgan fingerprint density at radius 3 is 2.79 bits per heavy atom. The van der Waals surface area contributed by atoms with Crippen LogP contribution in [-0.2, 0) is 6.42 Å². The van der Waals surface area contributed by atoms with Crippen LogP contribution < -0.4 is 10.1 Å². The van der Waals surface area contributed by atoms with Gasteiger partial charge in [0, 0.05) is 0 Å². The van der Waals surface area contributed by atoms with Crippen molar-refractivity contribution in [1.82, 2.24) is 5.32 Å². The predicted octanol–water partition coefficient (Wildman–Crippen LogP) is 3.32. The van der Waals surface area contributed by atoms with E-state index in [1.807, 2.05) is 25.1 Å². The van der Waals surface area contributed by atoms with Crippen molar-refractivity contribution in [3.8, 4) is 5.75 Å². The molecule has 0 saturated carbocycles. The summed E-state index contributed by atoms with van der Waals surface area (Å²) < 4.78 is 24.0. The zero-order chi connectivity index (χ0) is 13.7. The molecule has 4 heteroatoms. The minimum absolute atomic E-state index is 0.0489. The predicted molar refractivity (Wildman–Crippen MR) is 71.8 cm³/mol. The van der Waals surface area contributed by atoms with E-state index < -0.39 is 0 Å². The smallest absolute Gasteiger partial charge is 0.165 e. The van der Waals surface area contributed by atoms with E-state index in [9.17, 15) is 4.39 Å². The largest absolute Gasteiger partial charge is 0.494 e. The van der Waals surface area contributed by atoms with E-state index in [0.717, 1.165) is 17.9 Å². The lowest BCUT2D eigenvalue weighted by Crippen LogP contribution is -2.22. The summed E-state index contributed by atoms with van der Waals surface area (Å²) in [6.07, 6.45) is 2.32. The maximum Gasteiger partial charge on any atom is 0.165 e. The van der Waals surface area contributed by atoms with Crippen LogP contribution in [0.3, 0.4) is 0 Å². The Morgan fingerprint density at radius 2 is 2.21 bits per heavy atom. The zero-order valence-corrected chi connectivity index (χ0v) is 11.2. The Morgan fingerprint density at radius 1 is 1.37 bits per heavy atom. The second-order valence-electron chi connectivity index (χ2n) is 4.30. The molecule has 102 valence electrons. The van der Waals surface area contributed by atoms with E-state index in [0.29, 0.717) is 6.42 Å². The number of likely N-dealkylation sites (N-methyl/N-ethyl adjacent to an activating group) is 1. The molecule has 1 aromatic heterocycles. The Bertz CT molecular complexity index is 511. The average molecular weight is 263 g/mol. The van der Waals surface area contributed by atoms with Gasteiger partial charge in [-0.3, -0.25) is 0 Å². The van der Waals surface area contributed by atoms with Gasteiger partial charge >= 0.3 is 0 Å². The standard InChI is InChI=1S/C15H18FNO2/c1-3-17-13(15-5-4-8-19-15)10-11-6-7-14(18-2)12(16)9-11/h4-9,13,17H,3,10H2,1-2H3. The number of benzene rings is 1. The van der Waals surface area contributed by atoms with Crippen LogP contribution in [0, 0.1) is 5.82 Å². The van der Waals surface area contributed by atoms with Gasteiger partial charge in [0.25, 0.3) is 0 Å². The molecular formula is C15H18FNO2. The molecule has 0 bridgehead atoms. The molecule has 0 aliphatic heterocycles. The fourth-order valence-electron chi connectivity index (χ4n) is 2.08. The first-order valence-corrected chi connectivity index (χ1v) is 6.33. The van der Waals surface area contributed by atoms with Gasteiger partial charge in [0.2, 0.25) is 0 Å². The number of methoxy groups -OCH3 is 1. The highest BCUT2D eigenvalue weighted by Crippen LogP contribution is 2.23. The Balaban J connectivity index is 2.15. The van der Waals surface area contributed by atoms with E-state index in [-0.39, 0.29) is 17.6 Å². The lowest BCUT2D eigenvalue weighted by Gasteiger charge is -2.16. The highest BCUT2D eigenvalue weighted by atomic mass is 19.1. The number of halogens is 1. The molecule has 0 fully saturated rings. The summed E-state index contributed by atoms with van der Waals surface area (Å²) in [5.74, 6) is 0.787. The maximum atomic E-state index is 13.7. The van der Waals surface area contributed by atoms with E-state index in [2.05, 4.69) is 5.32 Å². The molecule has 1 heterocycles. The van der Waals surface area contributed by atoms with Crippen LogP contribution in [0.1, 0.15) is 24.3 Å². The quantitative estimate of drug-likeness (QED) is 0.868. The number of nitrogens with one attached hydrogen (secondary N) is 1. The molecule has 0 spiro atoms.